The first-order valence-electron chi connectivity index (χ1n) is 7.74. The van der Waals surface area contributed by atoms with Crippen LogP contribution < -0.4 is 10.6 Å². The second-order valence-electron chi connectivity index (χ2n) is 5.98. The summed E-state index contributed by atoms with van der Waals surface area (Å²) in [6.45, 7) is 0.283. The topological polar surface area (TPSA) is 45.7 Å². The Morgan fingerprint density at radius 2 is 2.17 bits per heavy atom. The van der Waals surface area contributed by atoms with Crippen molar-refractivity contribution in [2.75, 3.05) is 7.05 Å². The molecule has 2 fully saturated rings. The first-order chi connectivity index (χ1) is 11.0. The Morgan fingerprint density at radius 1 is 1.35 bits per heavy atom. The molecule has 2 heterocycles. The van der Waals surface area contributed by atoms with Crippen LogP contribution in [0, 0.1) is 0 Å². The van der Waals surface area contributed by atoms with Gasteiger partial charge in [0.1, 0.15) is 0 Å². The van der Waals surface area contributed by atoms with Gasteiger partial charge in [-0.3, -0.25) is 4.99 Å². The highest BCUT2D eigenvalue weighted by Gasteiger charge is 2.41. The largest absolute Gasteiger partial charge is 0.416 e. The Morgan fingerprint density at radius 3 is 2.78 bits per heavy atom. The van der Waals surface area contributed by atoms with Crippen LogP contribution in [-0.4, -0.2) is 31.3 Å². The molecule has 1 aromatic carbocycles. The SMILES string of the molecule is CN=C(NCc1cccc(C(F)(F)F)c1)NC1CC2CCC1O2. The number of nitrogens with zero attached hydrogens (tertiary/aromatic N) is 1. The lowest BCUT2D eigenvalue weighted by Gasteiger charge is -2.22. The molecule has 0 saturated carbocycles. The predicted octanol–water partition coefficient (Wildman–Crippen LogP) is 2.69. The second kappa shape index (κ2) is 6.39. The van der Waals surface area contributed by atoms with Crippen molar-refractivity contribution < 1.29 is 17.9 Å². The summed E-state index contributed by atoms with van der Waals surface area (Å²) in [4.78, 5) is 4.14. The van der Waals surface area contributed by atoms with Gasteiger partial charge in [-0.05, 0) is 37.0 Å². The number of fused-ring (bicyclic) bond motifs is 2. The van der Waals surface area contributed by atoms with E-state index >= 15 is 0 Å². The number of rotatable bonds is 3. The van der Waals surface area contributed by atoms with Gasteiger partial charge in [0.2, 0.25) is 0 Å². The first kappa shape index (κ1) is 16.1. The van der Waals surface area contributed by atoms with Crippen molar-refractivity contribution in [1.29, 1.82) is 0 Å². The summed E-state index contributed by atoms with van der Waals surface area (Å²) in [5.74, 6) is 0.587. The average molecular weight is 327 g/mol. The van der Waals surface area contributed by atoms with Crippen molar-refractivity contribution >= 4 is 5.96 Å². The molecule has 3 rings (SSSR count). The van der Waals surface area contributed by atoms with E-state index in [0.717, 1.165) is 31.4 Å². The van der Waals surface area contributed by atoms with Crippen LogP contribution in [0.3, 0.4) is 0 Å². The molecule has 7 heteroatoms. The van der Waals surface area contributed by atoms with Crippen molar-refractivity contribution in [3.63, 3.8) is 0 Å². The van der Waals surface area contributed by atoms with Crippen LogP contribution in [0.25, 0.3) is 0 Å². The Balaban J connectivity index is 1.56. The number of nitrogens with one attached hydrogen (secondary N) is 2. The number of hydrogen-bond acceptors (Lipinski definition) is 2. The van der Waals surface area contributed by atoms with Gasteiger partial charge in [-0.15, -0.1) is 0 Å². The maximum absolute atomic E-state index is 12.7. The zero-order chi connectivity index (χ0) is 16.4. The molecule has 23 heavy (non-hydrogen) atoms. The molecule has 2 saturated heterocycles. The molecule has 1 aromatic rings. The normalized spacial score (nSPS) is 27.3. The quantitative estimate of drug-likeness (QED) is 0.663. The van der Waals surface area contributed by atoms with E-state index in [1.54, 1.807) is 13.1 Å². The van der Waals surface area contributed by atoms with Gasteiger partial charge in [0, 0.05) is 13.6 Å². The van der Waals surface area contributed by atoms with Crippen LogP contribution in [0.4, 0.5) is 13.2 Å². The van der Waals surface area contributed by atoms with Crippen LogP contribution in [0.2, 0.25) is 0 Å². The third-order valence-electron chi connectivity index (χ3n) is 4.37. The third kappa shape index (κ3) is 3.77. The number of halogens is 3. The molecular formula is C16H20F3N3O. The van der Waals surface area contributed by atoms with Gasteiger partial charge in [-0.2, -0.15) is 13.2 Å². The van der Waals surface area contributed by atoms with Gasteiger partial charge < -0.3 is 15.4 Å². The van der Waals surface area contributed by atoms with Crippen LogP contribution in [0.1, 0.15) is 30.4 Å². The third-order valence-corrected chi connectivity index (χ3v) is 4.37. The fourth-order valence-corrected chi connectivity index (χ4v) is 3.20. The van der Waals surface area contributed by atoms with Crippen molar-refractivity contribution in [2.45, 2.75) is 50.2 Å². The van der Waals surface area contributed by atoms with Gasteiger partial charge in [0.05, 0.1) is 23.8 Å². The highest BCUT2D eigenvalue weighted by Crippen LogP contribution is 2.34. The molecule has 0 aliphatic carbocycles. The maximum atomic E-state index is 12.7. The summed E-state index contributed by atoms with van der Waals surface area (Å²) in [5, 5.41) is 6.37. The van der Waals surface area contributed by atoms with E-state index in [0.29, 0.717) is 17.6 Å². The number of guanidine groups is 1. The minimum Gasteiger partial charge on any atom is -0.373 e. The lowest BCUT2D eigenvalue weighted by atomic mass is 9.96. The summed E-state index contributed by atoms with van der Waals surface area (Å²) < 4.78 is 43.9. The molecule has 0 spiro atoms. The van der Waals surface area contributed by atoms with E-state index in [1.807, 2.05) is 0 Å². The van der Waals surface area contributed by atoms with Crippen molar-refractivity contribution in [3.05, 3.63) is 35.4 Å². The van der Waals surface area contributed by atoms with Crippen LogP contribution in [0.5, 0.6) is 0 Å². The summed E-state index contributed by atoms with van der Waals surface area (Å²) in [6, 6.07) is 5.53. The van der Waals surface area contributed by atoms with E-state index in [1.165, 1.54) is 6.07 Å². The molecule has 2 aliphatic rings. The molecule has 126 valence electrons. The summed E-state index contributed by atoms with van der Waals surface area (Å²) in [5.41, 5.74) is -0.0757. The molecule has 0 amide bonds. The highest BCUT2D eigenvalue weighted by molar-refractivity contribution is 5.80. The van der Waals surface area contributed by atoms with Gasteiger partial charge in [-0.25, -0.2) is 0 Å². The minimum absolute atomic E-state index is 0.215. The zero-order valence-corrected chi connectivity index (χ0v) is 12.9. The Kier molecular flexibility index (Phi) is 4.48. The van der Waals surface area contributed by atoms with Crippen LogP contribution in [-0.2, 0) is 17.5 Å². The predicted molar refractivity (Wildman–Crippen MR) is 81.1 cm³/mol. The highest BCUT2D eigenvalue weighted by atomic mass is 19.4. The Labute approximate surface area is 133 Å². The van der Waals surface area contributed by atoms with E-state index < -0.39 is 11.7 Å². The number of aliphatic imine (C=N–C) groups is 1. The van der Waals surface area contributed by atoms with Crippen LogP contribution in [0.15, 0.2) is 29.3 Å². The number of alkyl halides is 3. The summed E-state index contributed by atoms with van der Waals surface area (Å²) in [7, 11) is 1.65. The second-order valence-corrected chi connectivity index (χ2v) is 5.98. The Hall–Kier alpha value is -1.76. The van der Waals surface area contributed by atoms with Crippen molar-refractivity contribution in [1.82, 2.24) is 10.6 Å². The molecule has 2 aliphatic heterocycles. The monoisotopic (exact) mass is 327 g/mol. The Bertz CT molecular complexity index is 588. The van der Waals surface area contributed by atoms with Gasteiger partial charge in [0.15, 0.2) is 5.96 Å². The average Bonchev–Trinajstić information content (AvgIpc) is 3.13. The lowest BCUT2D eigenvalue weighted by Crippen LogP contribution is -2.47. The molecule has 3 atom stereocenters. The standard InChI is InChI=1S/C16H20F3N3O/c1-20-15(22-13-8-12-5-6-14(13)23-12)21-9-10-3-2-4-11(7-10)16(17,18)19/h2-4,7,12-14H,5-6,8-9H2,1H3,(H2,20,21,22). The number of ether oxygens (including phenoxy) is 1. The summed E-state index contributed by atoms with van der Waals surface area (Å²) >= 11 is 0. The van der Waals surface area contributed by atoms with E-state index in [2.05, 4.69) is 15.6 Å². The fourth-order valence-electron chi connectivity index (χ4n) is 3.20. The fraction of sp³-hybridized carbons (Fsp3) is 0.562. The molecule has 2 bridgehead atoms. The van der Waals surface area contributed by atoms with Gasteiger partial charge in [-0.1, -0.05) is 12.1 Å². The van der Waals surface area contributed by atoms with Crippen LogP contribution >= 0.6 is 0 Å². The zero-order valence-electron chi connectivity index (χ0n) is 12.9. The van der Waals surface area contributed by atoms with E-state index in [4.69, 9.17) is 4.74 Å². The van der Waals surface area contributed by atoms with E-state index in [9.17, 15) is 13.2 Å². The minimum atomic E-state index is -4.32. The van der Waals surface area contributed by atoms with E-state index in [-0.39, 0.29) is 18.7 Å². The molecule has 0 radical (unpaired) electrons. The maximum Gasteiger partial charge on any atom is 0.416 e. The molecule has 3 unspecified atom stereocenters. The molecule has 0 aromatic heterocycles. The van der Waals surface area contributed by atoms with Gasteiger partial charge in [0.25, 0.3) is 0 Å². The lowest BCUT2D eigenvalue weighted by molar-refractivity contribution is -0.137. The molecule has 4 nitrogen and oxygen atoms in total. The van der Waals surface area contributed by atoms with Crippen molar-refractivity contribution in [2.24, 2.45) is 4.99 Å². The molecule has 2 N–H and O–H groups in total. The first-order valence-corrected chi connectivity index (χ1v) is 7.74. The summed E-state index contributed by atoms with van der Waals surface area (Å²) in [6.07, 6.45) is -0.664. The van der Waals surface area contributed by atoms with Gasteiger partial charge >= 0.3 is 6.18 Å². The smallest absolute Gasteiger partial charge is 0.373 e. The van der Waals surface area contributed by atoms with Crippen molar-refractivity contribution in [3.8, 4) is 0 Å². The number of hydrogen-bond donors (Lipinski definition) is 2. The number of benzene rings is 1. The molecular weight excluding hydrogens is 307 g/mol.